The number of hydrogen-bond acceptors (Lipinski definition) is 4. The van der Waals surface area contributed by atoms with E-state index in [2.05, 4.69) is 19.9 Å². The van der Waals surface area contributed by atoms with Gasteiger partial charge in [0.1, 0.15) is 11.6 Å². The van der Waals surface area contributed by atoms with Gasteiger partial charge in [-0.05, 0) is 36.8 Å². The summed E-state index contributed by atoms with van der Waals surface area (Å²) in [4.78, 5) is 7.57. The van der Waals surface area contributed by atoms with E-state index >= 15 is 0 Å². The van der Waals surface area contributed by atoms with Crippen LogP contribution in [0.3, 0.4) is 0 Å². The average molecular weight is 470 g/mol. The quantitative estimate of drug-likeness (QED) is 0.330. The van der Waals surface area contributed by atoms with Crippen LogP contribution < -0.4 is 4.74 Å². The maximum Gasteiger partial charge on any atom is 0.573 e. The van der Waals surface area contributed by atoms with Crippen LogP contribution in [0.2, 0.25) is 0 Å². The zero-order valence-corrected chi connectivity index (χ0v) is 18.4. The Morgan fingerprint density at radius 3 is 2.41 bits per heavy atom. The molecule has 2 heterocycles. The number of nitrogens with one attached hydrogen (secondary N) is 1. The molecule has 4 rings (SSSR count). The number of rotatable bonds is 3. The summed E-state index contributed by atoms with van der Waals surface area (Å²) in [6.07, 6.45) is -4.94. The first-order chi connectivity index (χ1) is 14.4. The lowest BCUT2D eigenvalue weighted by atomic mass is 9.89. The predicted molar refractivity (Wildman–Crippen MR) is 114 cm³/mol. The molecular formula is C22H20ClF4N3O2. The third-order valence-corrected chi connectivity index (χ3v) is 4.82. The Balaban J connectivity index is 0.00000289. The van der Waals surface area contributed by atoms with Crippen molar-refractivity contribution in [2.24, 2.45) is 0 Å². The highest BCUT2D eigenvalue weighted by molar-refractivity contribution is 5.86. The van der Waals surface area contributed by atoms with E-state index in [0.29, 0.717) is 22.6 Å². The molecular weight excluding hydrogens is 450 g/mol. The lowest BCUT2D eigenvalue weighted by molar-refractivity contribution is -0.274. The van der Waals surface area contributed by atoms with Gasteiger partial charge in [-0.2, -0.15) is 0 Å². The summed E-state index contributed by atoms with van der Waals surface area (Å²) >= 11 is 0. The molecule has 5 nitrogen and oxygen atoms in total. The molecule has 2 aromatic carbocycles. The van der Waals surface area contributed by atoms with Crippen LogP contribution >= 0.6 is 12.4 Å². The first-order valence-electron chi connectivity index (χ1n) is 9.45. The average Bonchev–Trinajstić information content (AvgIpc) is 3.22. The molecule has 0 spiro atoms. The summed E-state index contributed by atoms with van der Waals surface area (Å²) in [5.74, 6) is -0.558. The standard InChI is InChI=1S/C22H19F4N3O2.ClH/c1-11-18(31-29-19(11)21(2,3)4)20-27-14-9-8-12(10-15(14)28-20)17-13(23)6-5-7-16(17)30-22(24,25)26;/h5-10H,1-4H3,(H,27,28);1H. The first-order valence-corrected chi connectivity index (χ1v) is 9.45. The number of imidazole rings is 1. The maximum atomic E-state index is 14.5. The van der Waals surface area contributed by atoms with Crippen LogP contribution in [0.15, 0.2) is 40.9 Å². The van der Waals surface area contributed by atoms with Crippen LogP contribution in [0.4, 0.5) is 17.6 Å². The van der Waals surface area contributed by atoms with Gasteiger partial charge in [-0.25, -0.2) is 9.37 Å². The van der Waals surface area contributed by atoms with Crippen LogP contribution in [-0.2, 0) is 5.41 Å². The molecule has 0 bridgehead atoms. The van der Waals surface area contributed by atoms with Crippen LogP contribution in [-0.4, -0.2) is 21.5 Å². The first kappa shape index (κ1) is 23.6. The SMILES string of the molecule is Cc1c(C(C)(C)C)noc1-c1nc2ccc(-c3c(F)cccc3OC(F)(F)F)cc2[nH]1.Cl. The molecule has 32 heavy (non-hydrogen) atoms. The zero-order chi connectivity index (χ0) is 22.6. The number of alkyl halides is 3. The van der Waals surface area contributed by atoms with Gasteiger partial charge in [0, 0.05) is 11.0 Å². The van der Waals surface area contributed by atoms with Crippen LogP contribution in [0.1, 0.15) is 32.0 Å². The van der Waals surface area contributed by atoms with Gasteiger partial charge < -0.3 is 14.2 Å². The fourth-order valence-corrected chi connectivity index (χ4v) is 3.52. The lowest BCUT2D eigenvalue weighted by Crippen LogP contribution is -2.17. The van der Waals surface area contributed by atoms with Crippen molar-refractivity contribution in [2.45, 2.75) is 39.5 Å². The van der Waals surface area contributed by atoms with E-state index in [0.717, 1.165) is 29.5 Å². The highest BCUT2D eigenvalue weighted by Crippen LogP contribution is 2.37. The van der Waals surface area contributed by atoms with E-state index in [9.17, 15) is 17.6 Å². The van der Waals surface area contributed by atoms with Gasteiger partial charge >= 0.3 is 6.36 Å². The zero-order valence-electron chi connectivity index (χ0n) is 17.6. The van der Waals surface area contributed by atoms with Gasteiger partial charge in [-0.15, -0.1) is 25.6 Å². The summed E-state index contributed by atoms with van der Waals surface area (Å²) in [5, 5.41) is 4.15. The van der Waals surface area contributed by atoms with Crippen molar-refractivity contribution in [3.8, 4) is 28.5 Å². The van der Waals surface area contributed by atoms with Crippen molar-refractivity contribution in [3.63, 3.8) is 0 Å². The summed E-state index contributed by atoms with van der Waals surface area (Å²) in [6.45, 7) is 7.93. The number of halogens is 5. The molecule has 0 unspecified atom stereocenters. The van der Waals surface area contributed by atoms with Crippen molar-refractivity contribution >= 4 is 23.4 Å². The molecule has 2 aromatic heterocycles. The second kappa shape index (κ2) is 8.12. The highest BCUT2D eigenvalue weighted by Gasteiger charge is 2.33. The molecule has 0 aliphatic heterocycles. The van der Waals surface area contributed by atoms with Gasteiger partial charge in [0.2, 0.25) is 5.76 Å². The maximum absolute atomic E-state index is 14.5. The Kier molecular flexibility index (Phi) is 5.99. The lowest BCUT2D eigenvalue weighted by Gasteiger charge is -2.14. The molecule has 0 aliphatic rings. The Hall–Kier alpha value is -3.07. The second-order valence-corrected chi connectivity index (χ2v) is 8.21. The van der Waals surface area contributed by atoms with Gasteiger partial charge in [0.05, 0.1) is 22.3 Å². The molecule has 0 amide bonds. The highest BCUT2D eigenvalue weighted by atomic mass is 35.5. The minimum absolute atomic E-state index is 0. The molecule has 0 fully saturated rings. The van der Waals surface area contributed by atoms with Crippen LogP contribution in [0.25, 0.3) is 33.7 Å². The largest absolute Gasteiger partial charge is 0.573 e. The number of nitrogens with zero attached hydrogens (tertiary/aromatic N) is 2. The predicted octanol–water partition coefficient (Wildman–Crippen LogP) is 6.95. The third kappa shape index (κ3) is 4.43. The molecule has 4 aromatic rings. The molecule has 0 saturated carbocycles. The third-order valence-electron chi connectivity index (χ3n) is 4.82. The van der Waals surface area contributed by atoms with E-state index in [4.69, 9.17) is 4.52 Å². The number of benzene rings is 2. The number of H-pyrrole nitrogens is 1. The molecule has 1 N–H and O–H groups in total. The molecule has 10 heteroatoms. The summed E-state index contributed by atoms with van der Waals surface area (Å²) in [6, 6.07) is 7.90. The van der Waals surface area contributed by atoms with E-state index in [1.54, 1.807) is 6.07 Å². The summed E-state index contributed by atoms with van der Waals surface area (Å²) in [5.41, 5.74) is 2.38. The van der Waals surface area contributed by atoms with E-state index in [1.807, 2.05) is 27.7 Å². The monoisotopic (exact) mass is 469 g/mol. The van der Waals surface area contributed by atoms with Gasteiger partial charge in [-0.1, -0.05) is 38.1 Å². The van der Waals surface area contributed by atoms with Crippen molar-refractivity contribution in [1.82, 2.24) is 15.1 Å². The van der Waals surface area contributed by atoms with E-state index in [1.165, 1.54) is 12.1 Å². The number of aromatic amines is 1. The minimum atomic E-state index is -4.94. The van der Waals surface area contributed by atoms with Gasteiger partial charge in [0.15, 0.2) is 5.82 Å². The molecule has 0 saturated heterocycles. The van der Waals surface area contributed by atoms with Gasteiger partial charge in [-0.3, -0.25) is 0 Å². The molecule has 0 radical (unpaired) electrons. The Labute approximate surface area is 187 Å². The van der Waals surface area contributed by atoms with Crippen molar-refractivity contribution < 1.29 is 26.8 Å². The number of ether oxygens (including phenoxy) is 1. The smallest absolute Gasteiger partial charge is 0.405 e. The second-order valence-electron chi connectivity index (χ2n) is 8.21. The number of aromatic nitrogens is 3. The molecule has 170 valence electrons. The Morgan fingerprint density at radius 1 is 1.06 bits per heavy atom. The van der Waals surface area contributed by atoms with Crippen molar-refractivity contribution in [3.05, 3.63) is 53.5 Å². The Bertz CT molecular complexity index is 1270. The number of hydrogen-bond donors (Lipinski definition) is 1. The van der Waals surface area contributed by atoms with E-state index in [-0.39, 0.29) is 28.9 Å². The molecule has 0 atom stereocenters. The molecule has 0 aliphatic carbocycles. The normalized spacial score (nSPS) is 12.1. The van der Waals surface area contributed by atoms with Crippen molar-refractivity contribution in [2.75, 3.05) is 0 Å². The minimum Gasteiger partial charge on any atom is -0.405 e. The van der Waals surface area contributed by atoms with Crippen LogP contribution in [0.5, 0.6) is 5.75 Å². The fraction of sp³-hybridized carbons (Fsp3) is 0.273. The fourth-order valence-electron chi connectivity index (χ4n) is 3.52. The topological polar surface area (TPSA) is 63.9 Å². The van der Waals surface area contributed by atoms with Crippen molar-refractivity contribution in [1.29, 1.82) is 0 Å². The Morgan fingerprint density at radius 2 is 1.78 bits per heavy atom. The summed E-state index contributed by atoms with van der Waals surface area (Å²) in [7, 11) is 0. The summed E-state index contributed by atoms with van der Waals surface area (Å²) < 4.78 is 62.2. The van der Waals surface area contributed by atoms with E-state index < -0.39 is 17.9 Å². The van der Waals surface area contributed by atoms with Gasteiger partial charge in [0.25, 0.3) is 0 Å². The number of fused-ring (bicyclic) bond motifs is 1. The van der Waals surface area contributed by atoms with Crippen LogP contribution in [0, 0.1) is 12.7 Å².